The molecule has 0 atom stereocenters. The summed E-state index contributed by atoms with van der Waals surface area (Å²) in [4.78, 5) is 14.4. The van der Waals surface area contributed by atoms with Crippen molar-refractivity contribution >= 4 is 24.4 Å². The molecule has 0 radical (unpaired) electrons. The number of rotatable bonds is 4. The average molecular weight is 366 g/mol. The Morgan fingerprint density at radius 2 is 1.84 bits per heavy atom. The lowest BCUT2D eigenvalue weighted by Gasteiger charge is -2.10. The number of non-ortho nitro benzene ring substituents is 1. The molecule has 5 nitrogen and oxygen atoms in total. The van der Waals surface area contributed by atoms with Crippen LogP contribution in [0, 0.1) is 15.9 Å². The van der Waals surface area contributed by atoms with Crippen molar-refractivity contribution in [3.63, 3.8) is 0 Å². The van der Waals surface area contributed by atoms with Gasteiger partial charge >= 0.3 is 0 Å². The zero-order valence-corrected chi connectivity index (χ0v) is 15.9. The number of aromatic nitrogens is 1. The lowest BCUT2D eigenvalue weighted by molar-refractivity contribution is -0.385. The third-order valence-electron chi connectivity index (χ3n) is 2.59. The third kappa shape index (κ3) is 6.54. The van der Waals surface area contributed by atoms with Gasteiger partial charge in [0, 0.05) is 18.3 Å². The Hall–Kier alpha value is -2.41. The minimum Gasteiger partial charge on any atom is -0.453 e. The highest BCUT2D eigenvalue weighted by atomic mass is 32.1. The molecule has 25 heavy (non-hydrogen) atoms. The number of nitrogens with zero attached hydrogens (tertiary/aromatic N) is 2. The zero-order chi connectivity index (χ0) is 19.4. The molecule has 0 aliphatic heterocycles. The largest absolute Gasteiger partial charge is 0.453 e. The number of pyridine rings is 1. The van der Waals surface area contributed by atoms with E-state index in [0.717, 1.165) is 6.07 Å². The van der Waals surface area contributed by atoms with Gasteiger partial charge in [-0.2, -0.15) is 0 Å². The summed E-state index contributed by atoms with van der Waals surface area (Å²) in [6.45, 7) is 9.83. The summed E-state index contributed by atoms with van der Waals surface area (Å²) in [5.74, 6) is -0.621. The van der Waals surface area contributed by atoms with Gasteiger partial charge < -0.3 is 4.74 Å². The second-order valence-electron chi connectivity index (χ2n) is 4.02. The maximum absolute atomic E-state index is 13.8. The molecule has 0 saturated carbocycles. The van der Waals surface area contributed by atoms with Gasteiger partial charge in [0.25, 0.3) is 5.69 Å². The Morgan fingerprint density at radius 1 is 1.20 bits per heavy atom. The van der Waals surface area contributed by atoms with Crippen LogP contribution in [0.2, 0.25) is 0 Å². The Balaban J connectivity index is 0.00000134. The Bertz CT molecular complexity index is 721. The molecule has 0 spiro atoms. The number of ether oxygens (including phenoxy) is 1. The van der Waals surface area contributed by atoms with E-state index in [9.17, 15) is 14.5 Å². The summed E-state index contributed by atoms with van der Waals surface area (Å²) in [5.41, 5.74) is 0.246. The van der Waals surface area contributed by atoms with Crippen LogP contribution in [0.4, 0.5) is 10.1 Å². The van der Waals surface area contributed by atoms with Crippen LogP contribution in [0.1, 0.15) is 40.3 Å². The average Bonchev–Trinajstić information content (AvgIpc) is 2.63. The maximum Gasteiger partial charge on any atom is 0.272 e. The highest BCUT2D eigenvalue weighted by molar-refractivity contribution is 7.80. The summed E-state index contributed by atoms with van der Waals surface area (Å²) < 4.78 is 19.2. The molecule has 1 heterocycles. The predicted molar refractivity (Wildman–Crippen MR) is 102 cm³/mol. The molecule has 0 bridgehead atoms. The first-order chi connectivity index (χ1) is 12.0. The lowest BCUT2D eigenvalue weighted by Crippen LogP contribution is -1.94. The fraction of sp³-hybridized carbons (Fsp3) is 0.278. The molecule has 0 amide bonds. The number of hydrogen-bond acceptors (Lipinski definition) is 5. The standard InChI is InChI=1S/C14H11FN2O3S.2C2H6/c1-2-3-11-14(21)13(6-7-16-11)20-12-5-4-9(17(18)19)8-10(12)15;2*1-2/h2-8,21H,1H3;2*1-2H3/b3-2+;;. The summed E-state index contributed by atoms with van der Waals surface area (Å²) in [6.07, 6.45) is 5.04. The van der Waals surface area contributed by atoms with Crippen LogP contribution < -0.4 is 4.74 Å². The van der Waals surface area contributed by atoms with Crippen LogP contribution in [0.3, 0.4) is 0 Å². The second-order valence-corrected chi connectivity index (χ2v) is 4.46. The first-order valence-electron chi connectivity index (χ1n) is 7.95. The van der Waals surface area contributed by atoms with Gasteiger partial charge in [0.2, 0.25) is 0 Å². The quantitative estimate of drug-likeness (QED) is 0.392. The molecular weight excluding hydrogens is 343 g/mol. The van der Waals surface area contributed by atoms with Crippen LogP contribution in [0.15, 0.2) is 41.4 Å². The fourth-order valence-corrected chi connectivity index (χ4v) is 1.87. The Kier molecular flexibility index (Phi) is 10.9. The van der Waals surface area contributed by atoms with Gasteiger partial charge in [0.15, 0.2) is 11.6 Å². The van der Waals surface area contributed by atoms with Gasteiger partial charge in [-0.1, -0.05) is 33.8 Å². The lowest BCUT2D eigenvalue weighted by atomic mass is 10.3. The number of thiol groups is 1. The van der Waals surface area contributed by atoms with E-state index in [1.807, 2.05) is 34.6 Å². The van der Waals surface area contributed by atoms with Crippen molar-refractivity contribution in [1.29, 1.82) is 0 Å². The SMILES string of the molecule is C/C=C/c1nccc(Oc2ccc([N+](=O)[O-])cc2F)c1S.CC.CC. The van der Waals surface area contributed by atoms with Crippen LogP contribution in [0.5, 0.6) is 11.5 Å². The van der Waals surface area contributed by atoms with Crippen molar-refractivity contribution < 1.29 is 14.1 Å². The first kappa shape index (κ1) is 22.6. The highest BCUT2D eigenvalue weighted by Crippen LogP contribution is 2.32. The molecule has 7 heteroatoms. The van der Waals surface area contributed by atoms with Crippen LogP contribution in [-0.4, -0.2) is 9.91 Å². The molecule has 0 fully saturated rings. The van der Waals surface area contributed by atoms with Crippen molar-refractivity contribution in [3.05, 3.63) is 58.2 Å². The van der Waals surface area contributed by atoms with Crippen molar-refractivity contribution in [2.75, 3.05) is 0 Å². The summed E-state index contributed by atoms with van der Waals surface area (Å²) >= 11 is 4.29. The Morgan fingerprint density at radius 3 is 2.36 bits per heavy atom. The van der Waals surface area contributed by atoms with Gasteiger partial charge in [-0.3, -0.25) is 15.1 Å². The molecule has 2 rings (SSSR count). The number of nitro benzene ring substituents is 1. The fourth-order valence-electron chi connectivity index (χ4n) is 1.62. The van der Waals surface area contributed by atoms with Gasteiger partial charge in [0.1, 0.15) is 5.75 Å². The van der Waals surface area contributed by atoms with Crippen molar-refractivity contribution in [2.45, 2.75) is 39.5 Å². The molecule has 0 unspecified atom stereocenters. The van der Waals surface area contributed by atoms with Crippen LogP contribution >= 0.6 is 12.6 Å². The number of nitro groups is 1. The minimum atomic E-state index is -0.818. The topological polar surface area (TPSA) is 65.3 Å². The third-order valence-corrected chi connectivity index (χ3v) is 3.04. The van der Waals surface area contributed by atoms with Gasteiger partial charge in [0.05, 0.1) is 21.6 Å². The second kappa shape index (κ2) is 12.0. The number of halogens is 1. The normalized spacial score (nSPS) is 9.56. The van der Waals surface area contributed by atoms with E-state index in [1.165, 1.54) is 24.4 Å². The van der Waals surface area contributed by atoms with Crippen LogP contribution in [0.25, 0.3) is 6.08 Å². The van der Waals surface area contributed by atoms with E-state index in [-0.39, 0.29) is 11.4 Å². The first-order valence-corrected chi connectivity index (χ1v) is 8.40. The van der Waals surface area contributed by atoms with Crippen molar-refractivity contribution in [3.8, 4) is 11.5 Å². The van der Waals surface area contributed by atoms with Gasteiger partial charge in [-0.05, 0) is 19.1 Å². The van der Waals surface area contributed by atoms with Crippen molar-refractivity contribution in [2.24, 2.45) is 0 Å². The monoisotopic (exact) mass is 366 g/mol. The van der Waals surface area contributed by atoms with Gasteiger partial charge in [-0.25, -0.2) is 4.39 Å². The summed E-state index contributed by atoms with van der Waals surface area (Å²) in [5, 5.41) is 10.6. The number of hydrogen-bond donors (Lipinski definition) is 1. The summed E-state index contributed by atoms with van der Waals surface area (Å²) in [6, 6.07) is 4.72. The minimum absolute atomic E-state index is 0.117. The van der Waals surface area contributed by atoms with E-state index in [0.29, 0.717) is 16.3 Å². The number of benzene rings is 1. The van der Waals surface area contributed by atoms with E-state index in [2.05, 4.69) is 17.6 Å². The summed E-state index contributed by atoms with van der Waals surface area (Å²) in [7, 11) is 0. The smallest absolute Gasteiger partial charge is 0.272 e. The van der Waals surface area contributed by atoms with E-state index in [4.69, 9.17) is 4.74 Å². The molecule has 136 valence electrons. The molecule has 0 aliphatic rings. The van der Waals surface area contributed by atoms with Gasteiger partial charge in [-0.15, -0.1) is 12.6 Å². The molecule has 0 N–H and O–H groups in total. The molecule has 0 saturated heterocycles. The highest BCUT2D eigenvalue weighted by Gasteiger charge is 2.14. The molecule has 2 aromatic rings. The van der Waals surface area contributed by atoms with Crippen LogP contribution in [-0.2, 0) is 0 Å². The van der Waals surface area contributed by atoms with E-state index < -0.39 is 10.7 Å². The van der Waals surface area contributed by atoms with E-state index >= 15 is 0 Å². The molecular formula is C18H23FN2O3S. The predicted octanol–water partition coefficient (Wildman–Crippen LogP) is 6.30. The molecule has 1 aromatic heterocycles. The Labute approximate surface area is 153 Å². The number of allylic oxidation sites excluding steroid dienone is 1. The van der Waals surface area contributed by atoms with E-state index in [1.54, 1.807) is 12.2 Å². The van der Waals surface area contributed by atoms with Crippen molar-refractivity contribution in [1.82, 2.24) is 4.98 Å². The molecule has 0 aliphatic carbocycles. The molecule has 1 aromatic carbocycles. The maximum atomic E-state index is 13.8. The zero-order valence-electron chi connectivity index (χ0n) is 15.0.